The Kier molecular flexibility index (Phi) is 5.98. The van der Waals surface area contributed by atoms with Gasteiger partial charge in [0.2, 0.25) is 5.91 Å². The highest BCUT2D eigenvalue weighted by Gasteiger charge is 2.29. The van der Waals surface area contributed by atoms with Crippen LogP contribution in [0.25, 0.3) is 0 Å². The van der Waals surface area contributed by atoms with Crippen molar-refractivity contribution in [3.63, 3.8) is 0 Å². The van der Waals surface area contributed by atoms with Crippen LogP contribution in [0.2, 0.25) is 0 Å². The van der Waals surface area contributed by atoms with Crippen molar-refractivity contribution in [1.29, 1.82) is 0 Å². The summed E-state index contributed by atoms with van der Waals surface area (Å²) in [5, 5.41) is 2.77. The molecule has 2 rings (SSSR count). The Morgan fingerprint density at radius 1 is 1.04 bits per heavy atom. The second-order valence-corrected chi connectivity index (χ2v) is 5.35. The number of hydrogen-bond donors (Lipinski definition) is 1. The van der Waals surface area contributed by atoms with Gasteiger partial charge in [-0.25, -0.2) is 0 Å². The van der Waals surface area contributed by atoms with Gasteiger partial charge in [-0.2, -0.15) is 13.2 Å². The Hall–Kier alpha value is -2.34. The molecule has 0 fully saturated rings. The van der Waals surface area contributed by atoms with Gasteiger partial charge in [-0.3, -0.25) is 4.79 Å². The first-order chi connectivity index (χ1) is 11.4. The molecule has 0 aliphatic heterocycles. The van der Waals surface area contributed by atoms with Gasteiger partial charge in [-0.1, -0.05) is 36.4 Å². The van der Waals surface area contributed by atoms with Gasteiger partial charge in [-0.15, -0.1) is 0 Å². The molecule has 1 N–H and O–H groups in total. The molecule has 0 radical (unpaired) electrons. The summed E-state index contributed by atoms with van der Waals surface area (Å²) in [4.78, 5) is 12.0. The molecular formula is C18H18F3NO2. The average Bonchev–Trinajstić information content (AvgIpc) is 2.54. The summed E-state index contributed by atoms with van der Waals surface area (Å²) in [6.07, 6.45) is -4.34. The largest absolute Gasteiger partial charge is 0.416 e. The summed E-state index contributed by atoms with van der Waals surface area (Å²) in [6.45, 7) is 0.796. The van der Waals surface area contributed by atoms with Crippen LogP contribution in [-0.4, -0.2) is 13.0 Å². The van der Waals surface area contributed by atoms with Gasteiger partial charge < -0.3 is 10.1 Å². The summed E-state index contributed by atoms with van der Waals surface area (Å²) < 4.78 is 42.6. The second kappa shape index (κ2) is 7.97. The average molecular weight is 337 g/mol. The van der Waals surface area contributed by atoms with Crippen LogP contribution in [0, 0.1) is 0 Å². The number of ether oxygens (including phenoxy) is 1. The molecule has 2 aromatic rings. The zero-order valence-corrected chi connectivity index (χ0v) is 13.2. The zero-order valence-electron chi connectivity index (χ0n) is 13.2. The second-order valence-electron chi connectivity index (χ2n) is 5.35. The number of nitrogens with one attached hydrogen (secondary N) is 1. The van der Waals surface area contributed by atoms with E-state index in [0.29, 0.717) is 18.7 Å². The van der Waals surface area contributed by atoms with E-state index >= 15 is 0 Å². The highest BCUT2D eigenvalue weighted by Crippen LogP contribution is 2.29. The minimum atomic E-state index is -4.37. The number of amides is 1. The van der Waals surface area contributed by atoms with Crippen molar-refractivity contribution in [2.75, 3.05) is 7.11 Å². The molecule has 0 heterocycles. The fourth-order valence-electron chi connectivity index (χ4n) is 2.28. The Bertz CT molecular complexity index is 681. The van der Waals surface area contributed by atoms with E-state index in [1.165, 1.54) is 12.1 Å². The Morgan fingerprint density at radius 3 is 2.25 bits per heavy atom. The number of carbonyl (C=O) groups excluding carboxylic acids is 1. The molecule has 0 aliphatic rings. The fraction of sp³-hybridized carbons (Fsp3) is 0.278. The van der Waals surface area contributed by atoms with Crippen molar-refractivity contribution < 1.29 is 22.7 Å². The minimum Gasteiger partial charge on any atom is -0.380 e. The monoisotopic (exact) mass is 337 g/mol. The van der Waals surface area contributed by atoms with Crippen LogP contribution in [0.1, 0.15) is 22.3 Å². The normalized spacial score (nSPS) is 11.3. The molecule has 0 saturated carbocycles. The highest BCUT2D eigenvalue weighted by atomic mass is 19.4. The molecule has 1 amide bonds. The van der Waals surface area contributed by atoms with Crippen LogP contribution >= 0.6 is 0 Å². The molecule has 24 heavy (non-hydrogen) atoms. The van der Waals surface area contributed by atoms with Gasteiger partial charge >= 0.3 is 6.18 Å². The van der Waals surface area contributed by atoms with Crippen LogP contribution in [0.15, 0.2) is 48.5 Å². The molecule has 0 unspecified atom stereocenters. The summed E-state index contributed by atoms with van der Waals surface area (Å²) in [7, 11) is 1.60. The topological polar surface area (TPSA) is 38.3 Å². The van der Waals surface area contributed by atoms with Gasteiger partial charge in [0.05, 0.1) is 18.6 Å². The predicted octanol–water partition coefficient (Wildman–Crippen LogP) is 3.71. The standard InChI is InChI=1S/C18H18F3NO2/c1-24-12-15-5-3-2-4-14(15)11-22-17(23)10-13-6-8-16(9-7-13)18(19,20)21/h2-9H,10-12H2,1H3,(H,22,23). The third kappa shape index (κ3) is 5.09. The van der Waals surface area contributed by atoms with E-state index in [1.807, 2.05) is 24.3 Å². The third-order valence-electron chi connectivity index (χ3n) is 3.54. The number of rotatable bonds is 6. The van der Waals surface area contributed by atoms with Gasteiger partial charge in [0.15, 0.2) is 0 Å². The maximum atomic E-state index is 12.5. The Balaban J connectivity index is 1.92. The first kappa shape index (κ1) is 18.0. The van der Waals surface area contributed by atoms with Gasteiger partial charge in [0.25, 0.3) is 0 Å². The number of halogens is 3. The van der Waals surface area contributed by atoms with E-state index in [4.69, 9.17) is 4.74 Å². The van der Waals surface area contributed by atoms with E-state index < -0.39 is 11.7 Å². The Labute approximate surface area is 138 Å². The summed E-state index contributed by atoms with van der Waals surface area (Å²) in [5.74, 6) is -0.248. The van der Waals surface area contributed by atoms with Crippen molar-refractivity contribution in [2.24, 2.45) is 0 Å². The number of alkyl halides is 3. The van der Waals surface area contributed by atoms with Crippen molar-refractivity contribution in [2.45, 2.75) is 25.7 Å². The van der Waals surface area contributed by atoms with Crippen LogP contribution in [-0.2, 0) is 35.3 Å². The molecule has 0 saturated heterocycles. The summed E-state index contributed by atoms with van der Waals surface area (Å²) in [5.41, 5.74) is 1.74. The molecule has 3 nitrogen and oxygen atoms in total. The summed E-state index contributed by atoms with van der Waals surface area (Å²) >= 11 is 0. The number of methoxy groups -OCH3 is 1. The lowest BCUT2D eigenvalue weighted by molar-refractivity contribution is -0.137. The van der Waals surface area contributed by atoms with Crippen LogP contribution < -0.4 is 5.32 Å². The van der Waals surface area contributed by atoms with Crippen molar-refractivity contribution in [3.05, 3.63) is 70.8 Å². The van der Waals surface area contributed by atoms with Crippen molar-refractivity contribution >= 4 is 5.91 Å². The van der Waals surface area contributed by atoms with E-state index in [0.717, 1.165) is 23.3 Å². The SMILES string of the molecule is COCc1ccccc1CNC(=O)Cc1ccc(C(F)(F)F)cc1. The quantitative estimate of drug-likeness (QED) is 0.873. The van der Waals surface area contributed by atoms with E-state index in [9.17, 15) is 18.0 Å². The molecule has 2 aromatic carbocycles. The van der Waals surface area contributed by atoms with Gasteiger partial charge in [0, 0.05) is 13.7 Å². The molecule has 6 heteroatoms. The predicted molar refractivity (Wildman–Crippen MR) is 84.1 cm³/mol. The highest BCUT2D eigenvalue weighted by molar-refractivity contribution is 5.78. The Morgan fingerprint density at radius 2 is 1.67 bits per heavy atom. The van der Waals surface area contributed by atoms with Crippen molar-refractivity contribution in [3.8, 4) is 0 Å². The molecular weight excluding hydrogens is 319 g/mol. The van der Waals surface area contributed by atoms with E-state index in [1.54, 1.807) is 7.11 Å². The number of carbonyl (C=O) groups is 1. The van der Waals surface area contributed by atoms with Gasteiger partial charge in [-0.05, 0) is 28.8 Å². The minimum absolute atomic E-state index is 0.0323. The molecule has 0 aliphatic carbocycles. The first-order valence-electron chi connectivity index (χ1n) is 7.38. The van der Waals surface area contributed by atoms with Crippen molar-refractivity contribution in [1.82, 2.24) is 5.32 Å². The maximum absolute atomic E-state index is 12.5. The van der Waals surface area contributed by atoms with E-state index in [2.05, 4.69) is 5.32 Å². The zero-order chi connectivity index (χ0) is 17.6. The molecule has 0 spiro atoms. The number of hydrogen-bond acceptors (Lipinski definition) is 2. The van der Waals surface area contributed by atoms with Crippen LogP contribution in [0.3, 0.4) is 0 Å². The summed E-state index contributed by atoms with van der Waals surface area (Å²) in [6, 6.07) is 12.2. The third-order valence-corrected chi connectivity index (χ3v) is 3.54. The molecule has 0 aromatic heterocycles. The lowest BCUT2D eigenvalue weighted by Crippen LogP contribution is -2.25. The molecule has 0 atom stereocenters. The lowest BCUT2D eigenvalue weighted by Gasteiger charge is -2.11. The van der Waals surface area contributed by atoms with E-state index in [-0.39, 0.29) is 12.3 Å². The smallest absolute Gasteiger partial charge is 0.380 e. The van der Waals surface area contributed by atoms with Crippen LogP contribution in [0.5, 0.6) is 0 Å². The van der Waals surface area contributed by atoms with Gasteiger partial charge in [0.1, 0.15) is 0 Å². The van der Waals surface area contributed by atoms with Crippen LogP contribution in [0.4, 0.5) is 13.2 Å². The molecule has 0 bridgehead atoms. The maximum Gasteiger partial charge on any atom is 0.416 e. The fourth-order valence-corrected chi connectivity index (χ4v) is 2.28. The molecule has 128 valence electrons. The first-order valence-corrected chi connectivity index (χ1v) is 7.38. The lowest BCUT2D eigenvalue weighted by atomic mass is 10.1. The number of benzene rings is 2.